The Kier molecular flexibility index (Phi) is 6.88. The number of nitrogens with zero attached hydrogens (tertiary/aromatic N) is 5. The number of nitrogens with one attached hydrogen (secondary N) is 1. The van der Waals surface area contributed by atoms with Crippen LogP contribution in [-0.4, -0.2) is 46.9 Å². The minimum absolute atomic E-state index is 0.144. The third kappa shape index (κ3) is 5.38. The highest BCUT2D eigenvalue weighted by Crippen LogP contribution is 2.35. The van der Waals surface area contributed by atoms with E-state index >= 15 is 0 Å². The Morgan fingerprint density at radius 1 is 1.15 bits per heavy atom. The maximum Gasteiger partial charge on any atom is 0.229 e. The molecule has 0 bridgehead atoms. The number of aromatic nitrogens is 4. The van der Waals surface area contributed by atoms with Crippen LogP contribution in [-0.2, 0) is 9.84 Å². The smallest absolute Gasteiger partial charge is 0.229 e. The van der Waals surface area contributed by atoms with Crippen molar-refractivity contribution >= 4 is 27.2 Å². The van der Waals surface area contributed by atoms with Gasteiger partial charge in [0.25, 0.3) is 0 Å². The zero-order chi connectivity index (χ0) is 24.5. The zero-order valence-corrected chi connectivity index (χ0v) is 21.1. The highest BCUT2D eigenvalue weighted by molar-refractivity contribution is 7.90. The van der Waals surface area contributed by atoms with E-state index in [1.807, 2.05) is 6.07 Å². The lowest BCUT2D eigenvalue weighted by Crippen LogP contribution is -2.36. The fraction of sp³-hybridized carbons (Fsp3) is 0.500. The summed E-state index contributed by atoms with van der Waals surface area (Å²) in [4.78, 5) is 16.1. The molecule has 1 saturated heterocycles. The van der Waals surface area contributed by atoms with Crippen LogP contribution in [0.25, 0.3) is 0 Å². The monoisotopic (exact) mass is 484 g/mol. The molecule has 0 saturated carbocycles. The van der Waals surface area contributed by atoms with Gasteiger partial charge < -0.3 is 14.7 Å². The summed E-state index contributed by atoms with van der Waals surface area (Å²) in [7, 11) is -3.23. The van der Waals surface area contributed by atoms with Crippen LogP contribution in [0.1, 0.15) is 70.5 Å². The van der Waals surface area contributed by atoms with Crippen LogP contribution in [0, 0.1) is 0 Å². The van der Waals surface area contributed by atoms with Crippen molar-refractivity contribution in [2.45, 2.75) is 75.8 Å². The number of sulfone groups is 1. The average molecular weight is 485 g/mol. The van der Waals surface area contributed by atoms with Crippen molar-refractivity contribution in [1.82, 2.24) is 20.1 Å². The minimum Gasteiger partial charge on any atom is -0.351 e. The topological polar surface area (TPSA) is 114 Å². The second kappa shape index (κ2) is 9.69. The van der Waals surface area contributed by atoms with Crippen molar-refractivity contribution in [2.75, 3.05) is 16.5 Å². The van der Waals surface area contributed by atoms with E-state index in [2.05, 4.69) is 58.0 Å². The van der Waals surface area contributed by atoms with Crippen molar-refractivity contribution in [3.63, 3.8) is 0 Å². The Morgan fingerprint density at radius 2 is 1.88 bits per heavy atom. The van der Waals surface area contributed by atoms with Crippen molar-refractivity contribution in [2.24, 2.45) is 0 Å². The van der Waals surface area contributed by atoms with Gasteiger partial charge in [0.15, 0.2) is 15.7 Å². The Hall–Kier alpha value is -3.01. The number of benzene rings is 1. The van der Waals surface area contributed by atoms with Crippen molar-refractivity contribution in [3.05, 3.63) is 48.4 Å². The van der Waals surface area contributed by atoms with E-state index in [0.29, 0.717) is 23.8 Å². The summed E-state index contributed by atoms with van der Waals surface area (Å²) in [6.45, 7) is 8.46. The Balaban J connectivity index is 1.49. The van der Waals surface area contributed by atoms with Gasteiger partial charge in [0.1, 0.15) is 18.0 Å². The van der Waals surface area contributed by atoms with Crippen LogP contribution in [0.2, 0.25) is 0 Å². The van der Waals surface area contributed by atoms with E-state index in [4.69, 9.17) is 4.52 Å². The minimum atomic E-state index is -3.23. The van der Waals surface area contributed by atoms with E-state index in [9.17, 15) is 8.42 Å². The normalized spacial score (nSPS) is 19.5. The fourth-order valence-electron chi connectivity index (χ4n) is 4.40. The molecule has 3 heterocycles. The Bertz CT molecular complexity index is 1230. The molecule has 1 N–H and O–H groups in total. The number of hydrogen-bond donors (Lipinski definition) is 1. The molecule has 10 heteroatoms. The lowest BCUT2D eigenvalue weighted by molar-refractivity contribution is 0.341. The lowest BCUT2D eigenvalue weighted by Gasteiger charge is -2.31. The summed E-state index contributed by atoms with van der Waals surface area (Å²) in [6.07, 6.45) is 5.79. The molecule has 4 rings (SSSR count). The molecule has 1 aliphatic heterocycles. The van der Waals surface area contributed by atoms with Crippen molar-refractivity contribution in [3.8, 4) is 0 Å². The molecule has 34 heavy (non-hydrogen) atoms. The van der Waals surface area contributed by atoms with Crippen LogP contribution in [0.4, 0.5) is 17.3 Å². The summed E-state index contributed by atoms with van der Waals surface area (Å²) < 4.78 is 28.9. The molecule has 182 valence electrons. The summed E-state index contributed by atoms with van der Waals surface area (Å²) >= 11 is 0. The molecule has 0 aliphatic carbocycles. The van der Waals surface area contributed by atoms with Crippen molar-refractivity contribution < 1.29 is 12.9 Å². The van der Waals surface area contributed by atoms with Gasteiger partial charge in [-0.05, 0) is 50.5 Å². The summed E-state index contributed by atoms with van der Waals surface area (Å²) in [6, 6.07) is 9.23. The zero-order valence-electron chi connectivity index (χ0n) is 20.3. The van der Waals surface area contributed by atoms with E-state index < -0.39 is 9.84 Å². The molecule has 1 aliphatic rings. The van der Waals surface area contributed by atoms with Gasteiger partial charge in [0, 0.05) is 41.9 Å². The standard InChI is InChI=1S/C24H32N6O3S/c1-15(2)23-28-24(33-29-23)16(3)12-19-9-6-17(4)30(19)22-13-21(25-14-26-22)27-18-7-10-20(11-8-18)34(5,31)32/h7-8,10-11,13-17,19H,6,9,12H2,1-5H3,(H,25,26,27). The molecule has 0 amide bonds. The summed E-state index contributed by atoms with van der Waals surface area (Å²) in [5.74, 6) is 3.33. The van der Waals surface area contributed by atoms with E-state index in [-0.39, 0.29) is 16.7 Å². The largest absolute Gasteiger partial charge is 0.351 e. The van der Waals surface area contributed by atoms with E-state index in [1.54, 1.807) is 30.6 Å². The first kappa shape index (κ1) is 24.1. The van der Waals surface area contributed by atoms with Crippen LogP contribution in [0.3, 0.4) is 0 Å². The van der Waals surface area contributed by atoms with E-state index in [1.165, 1.54) is 6.26 Å². The highest BCUT2D eigenvalue weighted by atomic mass is 32.2. The molecule has 3 unspecified atom stereocenters. The van der Waals surface area contributed by atoms with Gasteiger partial charge in [-0.25, -0.2) is 18.4 Å². The fourth-order valence-corrected chi connectivity index (χ4v) is 5.03. The van der Waals surface area contributed by atoms with Crippen LogP contribution in [0.15, 0.2) is 46.1 Å². The van der Waals surface area contributed by atoms with Gasteiger partial charge in [-0.2, -0.15) is 4.98 Å². The quantitative estimate of drug-likeness (QED) is 0.486. The first-order valence-corrected chi connectivity index (χ1v) is 13.5. The van der Waals surface area contributed by atoms with Crippen LogP contribution in [0.5, 0.6) is 0 Å². The Morgan fingerprint density at radius 3 is 2.53 bits per heavy atom. The first-order valence-electron chi connectivity index (χ1n) is 11.6. The summed E-state index contributed by atoms with van der Waals surface area (Å²) in [5.41, 5.74) is 0.758. The van der Waals surface area contributed by atoms with Gasteiger partial charge in [0.2, 0.25) is 5.89 Å². The predicted molar refractivity (Wildman–Crippen MR) is 131 cm³/mol. The number of rotatable bonds is 8. The average Bonchev–Trinajstić information content (AvgIpc) is 3.41. The molecule has 2 aromatic heterocycles. The number of anilines is 3. The first-order chi connectivity index (χ1) is 16.1. The molecule has 9 nitrogen and oxygen atoms in total. The van der Waals surface area contributed by atoms with Gasteiger partial charge in [0.05, 0.1) is 4.90 Å². The molecule has 3 atom stereocenters. The maximum absolute atomic E-state index is 11.7. The molecule has 0 spiro atoms. The second-order valence-electron chi connectivity index (χ2n) is 9.45. The molecular formula is C24H32N6O3S. The van der Waals surface area contributed by atoms with Gasteiger partial charge >= 0.3 is 0 Å². The van der Waals surface area contributed by atoms with Gasteiger partial charge in [-0.15, -0.1) is 0 Å². The van der Waals surface area contributed by atoms with Crippen molar-refractivity contribution in [1.29, 1.82) is 0 Å². The second-order valence-corrected chi connectivity index (χ2v) is 11.5. The molecule has 3 aromatic rings. The lowest BCUT2D eigenvalue weighted by atomic mass is 10.00. The molecular weight excluding hydrogens is 452 g/mol. The SMILES string of the molecule is CC(C)c1noc(C(C)CC2CCC(C)N2c2cc(Nc3ccc(S(C)(=O)=O)cc3)ncn2)n1. The number of hydrogen-bond acceptors (Lipinski definition) is 9. The van der Waals surface area contributed by atoms with Crippen LogP contribution >= 0.6 is 0 Å². The third-order valence-corrected chi connectivity index (χ3v) is 7.41. The predicted octanol–water partition coefficient (Wildman–Crippen LogP) is 4.68. The maximum atomic E-state index is 11.7. The van der Waals surface area contributed by atoms with E-state index in [0.717, 1.165) is 36.6 Å². The Labute approximate surface area is 200 Å². The summed E-state index contributed by atoms with van der Waals surface area (Å²) in [5, 5.41) is 7.36. The van der Waals surface area contributed by atoms with Crippen LogP contribution < -0.4 is 10.2 Å². The molecule has 1 fully saturated rings. The van der Waals surface area contributed by atoms with Gasteiger partial charge in [-0.1, -0.05) is 25.9 Å². The highest BCUT2D eigenvalue weighted by Gasteiger charge is 2.34. The van der Waals surface area contributed by atoms with Gasteiger partial charge in [-0.3, -0.25) is 0 Å². The third-order valence-electron chi connectivity index (χ3n) is 6.28. The molecule has 1 aromatic carbocycles. The molecule has 0 radical (unpaired) electrons.